The Labute approximate surface area is 138 Å². The fourth-order valence-corrected chi connectivity index (χ4v) is 2.04. The Balaban J connectivity index is 1.99. The first-order chi connectivity index (χ1) is 11.5. The van der Waals surface area contributed by atoms with Crippen molar-refractivity contribution in [2.45, 2.75) is 6.54 Å². The van der Waals surface area contributed by atoms with E-state index in [1.165, 1.54) is 13.1 Å². The fraction of sp³-hybridized carbons (Fsp3) is 0.111. The summed E-state index contributed by atoms with van der Waals surface area (Å²) >= 11 is 0. The largest absolute Gasteiger partial charge is 0.355 e. The molecule has 0 radical (unpaired) electrons. The van der Waals surface area contributed by atoms with Crippen molar-refractivity contribution in [2.75, 3.05) is 7.05 Å². The Morgan fingerprint density at radius 2 is 1.75 bits per heavy atom. The number of nitrogens with one attached hydrogen (secondary N) is 2. The minimum absolute atomic E-state index is 0.188. The van der Waals surface area contributed by atoms with Crippen LogP contribution in [0.3, 0.4) is 0 Å². The Morgan fingerprint density at radius 1 is 1.08 bits per heavy atom. The number of benzene rings is 2. The number of hydrogen-bond acceptors (Lipinski definition) is 2. The van der Waals surface area contributed by atoms with Crippen LogP contribution in [0.2, 0.25) is 0 Å². The van der Waals surface area contributed by atoms with Crippen LogP contribution in [-0.2, 0) is 11.3 Å². The van der Waals surface area contributed by atoms with Gasteiger partial charge in [0.2, 0.25) is 5.91 Å². The predicted molar refractivity (Wildman–Crippen MR) is 87.1 cm³/mol. The van der Waals surface area contributed by atoms with E-state index in [2.05, 4.69) is 10.6 Å². The standard InChI is InChI=1S/C18H16F2N2O2/c1-21-18(24)13-5-2-4-12(10-13)11-22-17(23)9-8-14-15(19)6-3-7-16(14)20/h2-10H,11H2,1H3,(H,21,24)(H,22,23). The van der Waals surface area contributed by atoms with Crippen molar-refractivity contribution in [1.29, 1.82) is 0 Å². The zero-order chi connectivity index (χ0) is 17.5. The lowest BCUT2D eigenvalue weighted by Crippen LogP contribution is -2.21. The number of halogens is 2. The molecule has 0 aromatic heterocycles. The number of hydrogen-bond donors (Lipinski definition) is 2. The van der Waals surface area contributed by atoms with Gasteiger partial charge in [-0.15, -0.1) is 0 Å². The summed E-state index contributed by atoms with van der Waals surface area (Å²) in [5.74, 6) is -2.20. The van der Waals surface area contributed by atoms with E-state index in [4.69, 9.17) is 0 Å². The second-order valence-corrected chi connectivity index (χ2v) is 4.97. The zero-order valence-electron chi connectivity index (χ0n) is 13.0. The van der Waals surface area contributed by atoms with Crippen LogP contribution in [0, 0.1) is 11.6 Å². The average Bonchev–Trinajstić information content (AvgIpc) is 2.59. The van der Waals surface area contributed by atoms with Gasteiger partial charge in [-0.25, -0.2) is 8.78 Å². The highest BCUT2D eigenvalue weighted by Crippen LogP contribution is 2.13. The van der Waals surface area contributed by atoms with Gasteiger partial charge in [0.1, 0.15) is 11.6 Å². The first-order valence-corrected chi connectivity index (χ1v) is 7.22. The Morgan fingerprint density at radius 3 is 2.42 bits per heavy atom. The number of carbonyl (C=O) groups excluding carboxylic acids is 2. The lowest BCUT2D eigenvalue weighted by Gasteiger charge is -2.05. The summed E-state index contributed by atoms with van der Waals surface area (Å²) in [6.45, 7) is 0.188. The molecule has 0 saturated heterocycles. The van der Waals surface area contributed by atoms with Gasteiger partial charge in [-0.05, 0) is 35.9 Å². The average molecular weight is 330 g/mol. The zero-order valence-corrected chi connectivity index (χ0v) is 13.0. The van der Waals surface area contributed by atoms with Crippen LogP contribution < -0.4 is 10.6 Å². The van der Waals surface area contributed by atoms with Crippen molar-refractivity contribution in [3.63, 3.8) is 0 Å². The van der Waals surface area contributed by atoms with Gasteiger partial charge in [0, 0.05) is 30.8 Å². The van der Waals surface area contributed by atoms with E-state index in [0.717, 1.165) is 29.8 Å². The fourth-order valence-electron chi connectivity index (χ4n) is 2.04. The summed E-state index contributed by atoms with van der Waals surface area (Å²) < 4.78 is 26.9. The molecular weight excluding hydrogens is 314 g/mol. The monoisotopic (exact) mass is 330 g/mol. The van der Waals surface area contributed by atoms with Gasteiger partial charge >= 0.3 is 0 Å². The Kier molecular flexibility index (Phi) is 5.78. The molecule has 24 heavy (non-hydrogen) atoms. The van der Waals surface area contributed by atoms with Gasteiger partial charge < -0.3 is 10.6 Å². The molecule has 0 fully saturated rings. The predicted octanol–water partition coefficient (Wildman–Crippen LogP) is 2.65. The molecule has 2 rings (SSSR count). The summed E-state index contributed by atoms with van der Waals surface area (Å²) in [4.78, 5) is 23.3. The van der Waals surface area contributed by atoms with E-state index >= 15 is 0 Å². The van der Waals surface area contributed by atoms with Crippen LogP contribution in [0.15, 0.2) is 48.5 Å². The third kappa shape index (κ3) is 4.49. The lowest BCUT2D eigenvalue weighted by molar-refractivity contribution is -0.116. The third-order valence-corrected chi connectivity index (χ3v) is 3.28. The molecule has 124 valence electrons. The quantitative estimate of drug-likeness (QED) is 0.828. The molecule has 0 aliphatic carbocycles. The van der Waals surface area contributed by atoms with Gasteiger partial charge in [-0.1, -0.05) is 18.2 Å². The maximum absolute atomic E-state index is 13.4. The molecule has 4 nitrogen and oxygen atoms in total. The molecule has 2 amide bonds. The van der Waals surface area contributed by atoms with Crippen LogP contribution in [0.25, 0.3) is 6.08 Å². The van der Waals surface area contributed by atoms with Crippen molar-refractivity contribution in [2.24, 2.45) is 0 Å². The van der Waals surface area contributed by atoms with Crippen LogP contribution in [-0.4, -0.2) is 18.9 Å². The third-order valence-electron chi connectivity index (χ3n) is 3.28. The van der Waals surface area contributed by atoms with Gasteiger partial charge in [-0.2, -0.15) is 0 Å². The molecule has 2 aromatic carbocycles. The van der Waals surface area contributed by atoms with E-state index < -0.39 is 17.5 Å². The molecule has 0 saturated carbocycles. The lowest BCUT2D eigenvalue weighted by atomic mass is 10.1. The van der Waals surface area contributed by atoms with E-state index in [1.54, 1.807) is 24.3 Å². The number of rotatable bonds is 5. The molecule has 2 N–H and O–H groups in total. The highest BCUT2D eigenvalue weighted by atomic mass is 19.1. The molecule has 0 bridgehead atoms. The number of carbonyl (C=O) groups is 2. The van der Waals surface area contributed by atoms with Crippen molar-refractivity contribution in [3.8, 4) is 0 Å². The molecule has 0 aliphatic rings. The van der Waals surface area contributed by atoms with E-state index in [0.29, 0.717) is 5.56 Å². The van der Waals surface area contributed by atoms with E-state index in [1.807, 2.05) is 0 Å². The van der Waals surface area contributed by atoms with Gasteiger partial charge in [0.15, 0.2) is 0 Å². The highest BCUT2D eigenvalue weighted by molar-refractivity contribution is 5.94. The normalized spacial score (nSPS) is 10.6. The summed E-state index contributed by atoms with van der Waals surface area (Å²) in [6, 6.07) is 10.3. The van der Waals surface area contributed by atoms with Crippen molar-refractivity contribution in [3.05, 3.63) is 76.9 Å². The molecule has 0 heterocycles. The van der Waals surface area contributed by atoms with Gasteiger partial charge in [0.05, 0.1) is 0 Å². The molecule has 0 spiro atoms. The minimum Gasteiger partial charge on any atom is -0.355 e. The first kappa shape index (κ1) is 17.3. The van der Waals surface area contributed by atoms with Crippen molar-refractivity contribution in [1.82, 2.24) is 10.6 Å². The highest BCUT2D eigenvalue weighted by Gasteiger charge is 2.06. The molecule has 0 atom stereocenters. The van der Waals surface area contributed by atoms with Crippen molar-refractivity contribution < 1.29 is 18.4 Å². The van der Waals surface area contributed by atoms with Crippen molar-refractivity contribution >= 4 is 17.9 Å². The number of amides is 2. The van der Waals surface area contributed by atoms with Crippen LogP contribution >= 0.6 is 0 Å². The van der Waals surface area contributed by atoms with Crippen LogP contribution in [0.1, 0.15) is 21.5 Å². The smallest absolute Gasteiger partial charge is 0.251 e. The topological polar surface area (TPSA) is 58.2 Å². The molecular formula is C18H16F2N2O2. The van der Waals surface area contributed by atoms with E-state index in [-0.39, 0.29) is 18.0 Å². The molecule has 0 unspecified atom stereocenters. The maximum Gasteiger partial charge on any atom is 0.251 e. The molecule has 6 heteroatoms. The second-order valence-electron chi connectivity index (χ2n) is 4.97. The minimum atomic E-state index is -0.739. The first-order valence-electron chi connectivity index (χ1n) is 7.22. The molecule has 0 aliphatic heterocycles. The summed E-state index contributed by atoms with van der Waals surface area (Å²) in [7, 11) is 1.53. The van der Waals surface area contributed by atoms with Crippen LogP contribution in [0.5, 0.6) is 0 Å². The van der Waals surface area contributed by atoms with Crippen LogP contribution in [0.4, 0.5) is 8.78 Å². The Hall–Kier alpha value is -3.02. The second kappa shape index (κ2) is 8.01. The summed E-state index contributed by atoms with van der Waals surface area (Å²) in [5.41, 5.74) is 0.942. The SMILES string of the molecule is CNC(=O)c1cccc(CNC(=O)C=Cc2c(F)cccc2F)c1. The summed E-state index contributed by atoms with van der Waals surface area (Å²) in [6.07, 6.45) is 2.14. The van der Waals surface area contributed by atoms with E-state index in [9.17, 15) is 18.4 Å². The van der Waals surface area contributed by atoms with Gasteiger partial charge in [-0.3, -0.25) is 9.59 Å². The molecule has 2 aromatic rings. The maximum atomic E-state index is 13.4. The van der Waals surface area contributed by atoms with Gasteiger partial charge in [0.25, 0.3) is 5.91 Å². The summed E-state index contributed by atoms with van der Waals surface area (Å²) in [5, 5.41) is 5.10. The Bertz CT molecular complexity index is 768.